The van der Waals surface area contributed by atoms with E-state index in [9.17, 15) is 4.79 Å². The predicted molar refractivity (Wildman–Crippen MR) is 95.7 cm³/mol. The Hall–Kier alpha value is -1.40. The van der Waals surface area contributed by atoms with Crippen molar-refractivity contribution in [1.82, 2.24) is 9.80 Å². The molecule has 0 spiro atoms. The maximum absolute atomic E-state index is 11.6. The molecule has 0 unspecified atom stereocenters. The molecule has 1 aliphatic rings. The van der Waals surface area contributed by atoms with Crippen LogP contribution in [0.25, 0.3) is 10.4 Å². The Morgan fingerprint density at radius 3 is 2.65 bits per heavy atom. The van der Waals surface area contributed by atoms with Gasteiger partial charge in [-0.3, -0.25) is 9.69 Å². The van der Waals surface area contributed by atoms with Crippen molar-refractivity contribution in [2.75, 3.05) is 32.7 Å². The van der Waals surface area contributed by atoms with Crippen LogP contribution in [0.3, 0.4) is 0 Å². The molecule has 1 aromatic carbocycles. The lowest BCUT2D eigenvalue weighted by Crippen LogP contribution is -2.49. The molecule has 3 rings (SSSR count). The summed E-state index contributed by atoms with van der Waals surface area (Å²) < 4.78 is 0. The van der Waals surface area contributed by atoms with E-state index in [2.05, 4.69) is 23.1 Å². The van der Waals surface area contributed by atoms with Crippen molar-refractivity contribution in [2.24, 2.45) is 5.73 Å². The second-order valence-electron chi connectivity index (χ2n) is 5.64. The second-order valence-corrected chi connectivity index (χ2v) is 7.24. The van der Waals surface area contributed by atoms with Gasteiger partial charge >= 0.3 is 0 Å². The largest absolute Gasteiger partial charge is 0.339 e. The molecule has 2 aromatic rings. The molecule has 0 radical (unpaired) electrons. The molecule has 2 heterocycles. The maximum Gasteiger partial charge on any atom is 0.236 e. The fourth-order valence-corrected chi connectivity index (χ4v) is 4.00. The third-order valence-electron chi connectivity index (χ3n) is 4.05. The van der Waals surface area contributed by atoms with E-state index >= 15 is 0 Å². The third-order valence-corrected chi connectivity index (χ3v) is 5.40. The number of hydrogen-bond acceptors (Lipinski definition) is 4. The van der Waals surface area contributed by atoms with Crippen LogP contribution in [0.15, 0.2) is 36.4 Å². The molecule has 0 bridgehead atoms. The van der Waals surface area contributed by atoms with Crippen LogP contribution in [0.1, 0.15) is 4.88 Å². The Labute approximate surface area is 145 Å². The zero-order valence-electron chi connectivity index (χ0n) is 12.9. The number of carbonyl (C=O) groups is 1. The Morgan fingerprint density at radius 2 is 1.96 bits per heavy atom. The highest BCUT2D eigenvalue weighted by molar-refractivity contribution is 7.15. The second kappa shape index (κ2) is 7.45. The van der Waals surface area contributed by atoms with Crippen molar-refractivity contribution in [3.8, 4) is 10.4 Å². The average Bonchev–Trinajstić information content (AvgIpc) is 3.03. The number of nitrogens with zero attached hydrogens (tertiary/aromatic N) is 2. The quantitative estimate of drug-likeness (QED) is 0.923. The number of halogens is 1. The van der Waals surface area contributed by atoms with Crippen molar-refractivity contribution < 1.29 is 4.79 Å². The highest BCUT2D eigenvalue weighted by Crippen LogP contribution is 2.30. The Morgan fingerprint density at radius 1 is 1.17 bits per heavy atom. The third kappa shape index (κ3) is 4.12. The van der Waals surface area contributed by atoms with Gasteiger partial charge in [0.2, 0.25) is 5.91 Å². The summed E-state index contributed by atoms with van der Waals surface area (Å²) in [6, 6.07) is 12.3. The minimum Gasteiger partial charge on any atom is -0.339 e. The molecule has 0 saturated carbocycles. The molecule has 1 aliphatic heterocycles. The van der Waals surface area contributed by atoms with Crippen molar-refractivity contribution in [3.05, 3.63) is 46.3 Å². The minimum atomic E-state index is 0.0454. The standard InChI is InChI=1S/C17H20ClN3OS/c18-14-3-1-2-13(10-14)16-5-4-15(23-16)12-20-6-8-21(9-7-20)17(22)11-19/h1-5,10H,6-9,11-12,19H2. The van der Waals surface area contributed by atoms with Gasteiger partial charge in [0.05, 0.1) is 6.54 Å². The summed E-state index contributed by atoms with van der Waals surface area (Å²) in [5.74, 6) is 0.0454. The van der Waals surface area contributed by atoms with Gasteiger partial charge in [-0.2, -0.15) is 0 Å². The van der Waals surface area contributed by atoms with Crippen molar-refractivity contribution >= 4 is 28.8 Å². The highest BCUT2D eigenvalue weighted by atomic mass is 35.5. The van der Waals surface area contributed by atoms with Gasteiger partial charge in [0.25, 0.3) is 0 Å². The summed E-state index contributed by atoms with van der Waals surface area (Å²) in [6.07, 6.45) is 0. The summed E-state index contributed by atoms with van der Waals surface area (Å²) in [7, 11) is 0. The van der Waals surface area contributed by atoms with Crippen LogP contribution >= 0.6 is 22.9 Å². The van der Waals surface area contributed by atoms with E-state index in [4.69, 9.17) is 17.3 Å². The summed E-state index contributed by atoms with van der Waals surface area (Å²) in [6.45, 7) is 4.36. The number of rotatable bonds is 4. The van der Waals surface area contributed by atoms with E-state index in [0.717, 1.165) is 43.3 Å². The van der Waals surface area contributed by atoms with Gasteiger partial charge in [-0.05, 0) is 29.8 Å². The van der Waals surface area contributed by atoms with E-state index in [0.29, 0.717) is 0 Å². The van der Waals surface area contributed by atoms with Crippen LogP contribution in [-0.2, 0) is 11.3 Å². The van der Waals surface area contributed by atoms with Crippen LogP contribution in [0.5, 0.6) is 0 Å². The Bertz CT molecular complexity index is 680. The van der Waals surface area contributed by atoms with Gasteiger partial charge in [-0.25, -0.2) is 0 Å². The number of thiophene rings is 1. The van der Waals surface area contributed by atoms with Crippen molar-refractivity contribution in [2.45, 2.75) is 6.54 Å². The fraction of sp³-hybridized carbons (Fsp3) is 0.353. The van der Waals surface area contributed by atoms with Crippen molar-refractivity contribution in [1.29, 1.82) is 0 Å². The summed E-state index contributed by atoms with van der Waals surface area (Å²) in [4.78, 5) is 18.4. The molecule has 4 nitrogen and oxygen atoms in total. The molecule has 1 aromatic heterocycles. The van der Waals surface area contributed by atoms with Gasteiger partial charge in [-0.15, -0.1) is 11.3 Å². The first-order chi connectivity index (χ1) is 11.2. The lowest BCUT2D eigenvalue weighted by molar-refractivity contribution is -0.131. The Balaban J connectivity index is 1.59. The topological polar surface area (TPSA) is 49.6 Å². The molecule has 1 amide bonds. The van der Waals surface area contributed by atoms with Crippen LogP contribution < -0.4 is 5.73 Å². The van der Waals surface area contributed by atoms with Crippen LogP contribution in [0, 0.1) is 0 Å². The molecule has 0 atom stereocenters. The normalized spacial score (nSPS) is 15.8. The van der Waals surface area contributed by atoms with Crippen LogP contribution in [-0.4, -0.2) is 48.4 Å². The molecule has 0 aliphatic carbocycles. The molecule has 122 valence electrons. The maximum atomic E-state index is 11.6. The predicted octanol–water partition coefficient (Wildman–Crippen LogP) is 2.67. The monoisotopic (exact) mass is 349 g/mol. The Kier molecular flexibility index (Phi) is 5.33. The zero-order chi connectivity index (χ0) is 16.2. The number of hydrogen-bond donors (Lipinski definition) is 1. The number of nitrogens with two attached hydrogens (primary N) is 1. The molecule has 1 saturated heterocycles. The summed E-state index contributed by atoms with van der Waals surface area (Å²) in [5.41, 5.74) is 6.58. The number of piperazine rings is 1. The van der Waals surface area contributed by atoms with E-state index in [1.807, 2.05) is 23.1 Å². The van der Waals surface area contributed by atoms with Gasteiger partial charge in [-0.1, -0.05) is 23.7 Å². The summed E-state index contributed by atoms with van der Waals surface area (Å²) >= 11 is 7.86. The molecular weight excluding hydrogens is 330 g/mol. The number of amides is 1. The summed E-state index contributed by atoms with van der Waals surface area (Å²) in [5, 5.41) is 0.762. The molecular formula is C17H20ClN3OS. The van der Waals surface area contributed by atoms with E-state index < -0.39 is 0 Å². The molecule has 2 N–H and O–H groups in total. The van der Waals surface area contributed by atoms with Gasteiger partial charge in [0, 0.05) is 47.5 Å². The van der Waals surface area contributed by atoms with Gasteiger partial charge < -0.3 is 10.6 Å². The smallest absolute Gasteiger partial charge is 0.236 e. The van der Waals surface area contributed by atoms with Gasteiger partial charge in [0.15, 0.2) is 0 Å². The molecule has 6 heteroatoms. The van der Waals surface area contributed by atoms with Crippen LogP contribution in [0.4, 0.5) is 0 Å². The first kappa shape index (κ1) is 16.5. The fourth-order valence-electron chi connectivity index (χ4n) is 2.76. The molecule has 1 fully saturated rings. The lowest BCUT2D eigenvalue weighted by Gasteiger charge is -2.34. The first-order valence-corrected chi connectivity index (χ1v) is 8.90. The van der Waals surface area contributed by atoms with E-state index in [1.165, 1.54) is 9.75 Å². The van der Waals surface area contributed by atoms with Gasteiger partial charge in [0.1, 0.15) is 0 Å². The SMILES string of the molecule is NCC(=O)N1CCN(Cc2ccc(-c3cccc(Cl)c3)s2)CC1. The number of benzene rings is 1. The lowest BCUT2D eigenvalue weighted by atomic mass is 10.2. The number of carbonyl (C=O) groups excluding carboxylic acids is 1. The molecule has 23 heavy (non-hydrogen) atoms. The van der Waals surface area contributed by atoms with E-state index in [1.54, 1.807) is 11.3 Å². The van der Waals surface area contributed by atoms with Crippen LogP contribution in [0.2, 0.25) is 5.02 Å². The van der Waals surface area contributed by atoms with E-state index in [-0.39, 0.29) is 12.5 Å². The first-order valence-electron chi connectivity index (χ1n) is 7.70. The highest BCUT2D eigenvalue weighted by Gasteiger charge is 2.20. The average molecular weight is 350 g/mol. The van der Waals surface area contributed by atoms with Crippen molar-refractivity contribution in [3.63, 3.8) is 0 Å². The zero-order valence-corrected chi connectivity index (χ0v) is 14.4. The minimum absolute atomic E-state index is 0.0454.